The lowest BCUT2D eigenvalue weighted by Crippen LogP contribution is -2.25. The van der Waals surface area contributed by atoms with E-state index in [1.165, 1.54) is 16.8 Å². The molecule has 1 fully saturated rings. The molecule has 0 spiro atoms. The molecule has 1 atom stereocenters. The van der Waals surface area contributed by atoms with Gasteiger partial charge in [-0.05, 0) is 61.7 Å². The minimum absolute atomic E-state index is 0.162. The second-order valence-corrected chi connectivity index (χ2v) is 7.61. The number of rotatable bonds is 6. The Bertz CT molecular complexity index is 986. The van der Waals surface area contributed by atoms with Gasteiger partial charge in [0.25, 0.3) is 0 Å². The molecular formula is C25H28N2O2. The van der Waals surface area contributed by atoms with Crippen LogP contribution >= 0.6 is 0 Å². The van der Waals surface area contributed by atoms with E-state index in [4.69, 9.17) is 9.47 Å². The number of anilines is 1. The van der Waals surface area contributed by atoms with Crippen molar-refractivity contribution in [1.82, 2.24) is 4.98 Å². The van der Waals surface area contributed by atoms with Gasteiger partial charge in [0.15, 0.2) is 0 Å². The Morgan fingerprint density at radius 1 is 1.03 bits per heavy atom. The predicted molar refractivity (Wildman–Crippen MR) is 117 cm³/mol. The number of para-hydroxylation sites is 1. The number of hydrogen-bond donors (Lipinski definition) is 0. The first kappa shape index (κ1) is 19.3. The van der Waals surface area contributed by atoms with Gasteiger partial charge in [-0.15, -0.1) is 0 Å². The molecule has 1 unspecified atom stereocenters. The van der Waals surface area contributed by atoms with E-state index in [9.17, 15) is 0 Å². The van der Waals surface area contributed by atoms with Gasteiger partial charge in [0.2, 0.25) is 5.88 Å². The van der Waals surface area contributed by atoms with Crippen LogP contribution in [0.15, 0.2) is 60.8 Å². The van der Waals surface area contributed by atoms with Crippen molar-refractivity contribution in [2.24, 2.45) is 0 Å². The van der Waals surface area contributed by atoms with Gasteiger partial charge >= 0.3 is 0 Å². The number of hydrogen-bond acceptors (Lipinski definition) is 4. The lowest BCUT2D eigenvalue weighted by atomic mass is 10.1. The van der Waals surface area contributed by atoms with E-state index >= 15 is 0 Å². The Kier molecular flexibility index (Phi) is 5.70. The lowest BCUT2D eigenvalue weighted by molar-refractivity contribution is 0.214. The molecule has 0 amide bonds. The average molecular weight is 389 g/mol. The zero-order valence-electron chi connectivity index (χ0n) is 17.4. The molecule has 0 radical (unpaired) electrons. The van der Waals surface area contributed by atoms with E-state index in [1.54, 1.807) is 6.20 Å². The smallest absolute Gasteiger partial charge is 0.216 e. The molecule has 150 valence electrons. The number of benzene rings is 2. The van der Waals surface area contributed by atoms with Crippen molar-refractivity contribution >= 4 is 5.69 Å². The number of aromatic nitrogens is 1. The number of aryl methyl sites for hydroxylation is 3. The maximum atomic E-state index is 6.16. The molecule has 1 aliphatic heterocycles. The second-order valence-electron chi connectivity index (χ2n) is 7.61. The van der Waals surface area contributed by atoms with Gasteiger partial charge in [-0.3, -0.25) is 0 Å². The molecule has 0 bridgehead atoms. The van der Waals surface area contributed by atoms with Crippen LogP contribution in [0.2, 0.25) is 0 Å². The SMILES string of the molecule is CCc1ccccc1Oc1ccc(N2CCC(Oc3ncccc3C)C2)c(C)c1. The van der Waals surface area contributed by atoms with Crippen molar-refractivity contribution in [2.45, 2.75) is 39.7 Å². The van der Waals surface area contributed by atoms with Crippen LogP contribution in [0, 0.1) is 13.8 Å². The molecule has 2 heterocycles. The first-order valence-electron chi connectivity index (χ1n) is 10.3. The summed E-state index contributed by atoms with van der Waals surface area (Å²) in [5, 5.41) is 0. The standard InChI is InChI=1S/C25H28N2O2/c1-4-20-9-5-6-10-24(20)28-21-11-12-23(19(3)16-21)27-15-13-22(17-27)29-25-18(2)8-7-14-26-25/h5-12,14,16,22H,4,13,15,17H2,1-3H3. The first-order valence-corrected chi connectivity index (χ1v) is 10.3. The zero-order valence-corrected chi connectivity index (χ0v) is 17.4. The summed E-state index contributed by atoms with van der Waals surface area (Å²) in [5.41, 5.74) is 4.76. The normalized spacial score (nSPS) is 16.1. The molecule has 2 aromatic carbocycles. The fraction of sp³-hybridized carbons (Fsp3) is 0.320. The van der Waals surface area contributed by atoms with Gasteiger partial charge in [0, 0.05) is 30.4 Å². The Morgan fingerprint density at radius 3 is 2.69 bits per heavy atom. The van der Waals surface area contributed by atoms with Gasteiger partial charge in [-0.1, -0.05) is 31.2 Å². The first-order chi connectivity index (χ1) is 14.1. The van der Waals surface area contributed by atoms with E-state index in [0.29, 0.717) is 0 Å². The number of nitrogens with zero attached hydrogens (tertiary/aromatic N) is 2. The highest BCUT2D eigenvalue weighted by Crippen LogP contribution is 2.32. The second kappa shape index (κ2) is 8.56. The minimum Gasteiger partial charge on any atom is -0.472 e. The quantitative estimate of drug-likeness (QED) is 0.542. The molecular weight excluding hydrogens is 360 g/mol. The van der Waals surface area contributed by atoms with Crippen LogP contribution in [0.25, 0.3) is 0 Å². The summed E-state index contributed by atoms with van der Waals surface area (Å²) in [4.78, 5) is 6.76. The fourth-order valence-corrected chi connectivity index (χ4v) is 3.86. The highest BCUT2D eigenvalue weighted by molar-refractivity contribution is 5.57. The molecule has 4 nitrogen and oxygen atoms in total. The lowest BCUT2D eigenvalue weighted by Gasteiger charge is -2.22. The third-order valence-corrected chi connectivity index (χ3v) is 5.47. The van der Waals surface area contributed by atoms with Crippen LogP contribution in [-0.4, -0.2) is 24.2 Å². The summed E-state index contributed by atoms with van der Waals surface area (Å²) in [5.74, 6) is 2.56. The van der Waals surface area contributed by atoms with Crippen molar-refractivity contribution in [1.29, 1.82) is 0 Å². The van der Waals surface area contributed by atoms with Crippen LogP contribution in [-0.2, 0) is 6.42 Å². The molecule has 1 aromatic heterocycles. The number of pyridine rings is 1. The van der Waals surface area contributed by atoms with Crippen molar-refractivity contribution in [3.05, 3.63) is 77.5 Å². The van der Waals surface area contributed by atoms with Crippen molar-refractivity contribution in [3.8, 4) is 17.4 Å². The third kappa shape index (κ3) is 4.37. The van der Waals surface area contributed by atoms with Crippen LogP contribution in [0.3, 0.4) is 0 Å². The molecule has 29 heavy (non-hydrogen) atoms. The van der Waals surface area contributed by atoms with E-state index in [2.05, 4.69) is 54.1 Å². The van der Waals surface area contributed by atoms with Gasteiger partial charge in [0.1, 0.15) is 17.6 Å². The van der Waals surface area contributed by atoms with Gasteiger partial charge in [-0.2, -0.15) is 0 Å². The Hall–Kier alpha value is -3.01. The Labute approximate surface area is 173 Å². The fourth-order valence-electron chi connectivity index (χ4n) is 3.86. The molecule has 0 N–H and O–H groups in total. The summed E-state index contributed by atoms with van der Waals surface area (Å²) in [6.45, 7) is 8.18. The third-order valence-electron chi connectivity index (χ3n) is 5.47. The van der Waals surface area contributed by atoms with Crippen LogP contribution in [0.1, 0.15) is 30.0 Å². The summed E-state index contributed by atoms with van der Waals surface area (Å²) in [7, 11) is 0. The highest BCUT2D eigenvalue weighted by atomic mass is 16.5. The summed E-state index contributed by atoms with van der Waals surface area (Å²) in [6, 6.07) is 18.5. The molecule has 4 heteroatoms. The maximum Gasteiger partial charge on any atom is 0.216 e. The van der Waals surface area contributed by atoms with Gasteiger partial charge in [0.05, 0.1) is 6.54 Å². The zero-order chi connectivity index (χ0) is 20.2. The van der Waals surface area contributed by atoms with Gasteiger partial charge in [-0.25, -0.2) is 4.98 Å². The Balaban J connectivity index is 1.44. The van der Waals surface area contributed by atoms with Crippen molar-refractivity contribution in [3.63, 3.8) is 0 Å². The molecule has 4 rings (SSSR count). The highest BCUT2D eigenvalue weighted by Gasteiger charge is 2.26. The summed E-state index contributed by atoms with van der Waals surface area (Å²) in [6.07, 6.45) is 3.90. The topological polar surface area (TPSA) is 34.6 Å². The van der Waals surface area contributed by atoms with Crippen molar-refractivity contribution < 1.29 is 9.47 Å². The Morgan fingerprint density at radius 2 is 1.90 bits per heavy atom. The van der Waals surface area contributed by atoms with Crippen LogP contribution < -0.4 is 14.4 Å². The van der Waals surface area contributed by atoms with Crippen LogP contribution in [0.4, 0.5) is 5.69 Å². The summed E-state index contributed by atoms with van der Waals surface area (Å²) < 4.78 is 12.3. The average Bonchev–Trinajstić information content (AvgIpc) is 3.18. The van der Waals surface area contributed by atoms with E-state index in [-0.39, 0.29) is 6.10 Å². The largest absolute Gasteiger partial charge is 0.472 e. The van der Waals surface area contributed by atoms with Gasteiger partial charge < -0.3 is 14.4 Å². The molecule has 0 aliphatic carbocycles. The van der Waals surface area contributed by atoms with Crippen molar-refractivity contribution in [2.75, 3.05) is 18.0 Å². The van der Waals surface area contributed by atoms with E-state index in [1.807, 2.05) is 31.2 Å². The molecule has 1 saturated heterocycles. The number of ether oxygens (including phenoxy) is 2. The molecule has 3 aromatic rings. The van der Waals surface area contributed by atoms with E-state index in [0.717, 1.165) is 48.9 Å². The van der Waals surface area contributed by atoms with Crippen LogP contribution in [0.5, 0.6) is 17.4 Å². The molecule has 1 aliphatic rings. The predicted octanol–water partition coefficient (Wildman–Crippen LogP) is 5.71. The van der Waals surface area contributed by atoms with E-state index < -0.39 is 0 Å². The monoisotopic (exact) mass is 388 g/mol. The summed E-state index contributed by atoms with van der Waals surface area (Å²) >= 11 is 0. The maximum absolute atomic E-state index is 6.16. The minimum atomic E-state index is 0.162. The molecule has 0 saturated carbocycles.